The van der Waals surface area contributed by atoms with Crippen LogP contribution in [0.1, 0.15) is 69.4 Å². The van der Waals surface area contributed by atoms with Gasteiger partial charge in [-0.2, -0.15) is 0 Å². The lowest BCUT2D eigenvalue weighted by molar-refractivity contribution is -0.124. The minimum atomic E-state index is -0.473. The first-order valence-corrected chi connectivity index (χ1v) is 8.25. The SMILES string of the molecule is CCc1cc(C(O)CC)cc2c1OCCC2NC(=O)C(C)C. The van der Waals surface area contributed by atoms with Crippen LogP contribution in [0.15, 0.2) is 12.1 Å². The van der Waals surface area contributed by atoms with Crippen LogP contribution >= 0.6 is 0 Å². The minimum Gasteiger partial charge on any atom is -0.493 e. The molecule has 1 aliphatic heterocycles. The highest BCUT2D eigenvalue weighted by molar-refractivity contribution is 5.78. The summed E-state index contributed by atoms with van der Waals surface area (Å²) in [6, 6.07) is 3.99. The molecule has 0 aromatic heterocycles. The number of aryl methyl sites for hydroxylation is 1. The molecule has 1 aromatic rings. The number of rotatable bonds is 5. The third-order valence-corrected chi connectivity index (χ3v) is 4.24. The predicted octanol–water partition coefficient (Wildman–Crippen LogP) is 3.29. The smallest absolute Gasteiger partial charge is 0.223 e. The van der Waals surface area contributed by atoms with E-state index in [1.54, 1.807) is 0 Å². The van der Waals surface area contributed by atoms with Gasteiger partial charge in [0.1, 0.15) is 5.75 Å². The highest BCUT2D eigenvalue weighted by atomic mass is 16.5. The zero-order chi connectivity index (χ0) is 16.3. The van der Waals surface area contributed by atoms with Gasteiger partial charge in [0.25, 0.3) is 0 Å². The third kappa shape index (κ3) is 3.43. The zero-order valence-electron chi connectivity index (χ0n) is 14.0. The van der Waals surface area contributed by atoms with Gasteiger partial charge in [-0.25, -0.2) is 0 Å². The Morgan fingerprint density at radius 3 is 2.73 bits per heavy atom. The Morgan fingerprint density at radius 1 is 1.41 bits per heavy atom. The lowest BCUT2D eigenvalue weighted by Crippen LogP contribution is -2.35. The highest BCUT2D eigenvalue weighted by Gasteiger charge is 2.27. The molecule has 22 heavy (non-hydrogen) atoms. The number of hydrogen-bond donors (Lipinski definition) is 2. The molecule has 2 rings (SSSR count). The van der Waals surface area contributed by atoms with Crippen LogP contribution in [0.3, 0.4) is 0 Å². The highest BCUT2D eigenvalue weighted by Crippen LogP contribution is 2.38. The molecule has 0 fully saturated rings. The van der Waals surface area contributed by atoms with Gasteiger partial charge < -0.3 is 15.2 Å². The van der Waals surface area contributed by atoms with E-state index < -0.39 is 6.10 Å². The number of fused-ring (bicyclic) bond motifs is 1. The largest absolute Gasteiger partial charge is 0.493 e. The van der Waals surface area contributed by atoms with E-state index in [0.717, 1.165) is 35.3 Å². The summed E-state index contributed by atoms with van der Waals surface area (Å²) in [4.78, 5) is 12.0. The molecule has 1 aliphatic rings. The fourth-order valence-corrected chi connectivity index (χ4v) is 2.79. The summed E-state index contributed by atoms with van der Waals surface area (Å²) < 4.78 is 5.85. The third-order valence-electron chi connectivity index (χ3n) is 4.24. The standard InChI is InChI=1S/C18H27NO3/c1-5-12-9-13(16(20)6-2)10-14-15(7-8-22-17(12)14)19-18(21)11(3)4/h9-11,15-16,20H,5-8H2,1-4H3,(H,19,21). The first-order valence-electron chi connectivity index (χ1n) is 8.25. The van der Waals surface area contributed by atoms with Gasteiger partial charge in [0, 0.05) is 17.9 Å². The molecule has 0 aliphatic carbocycles. The molecule has 0 radical (unpaired) electrons. The van der Waals surface area contributed by atoms with Gasteiger partial charge in [-0.1, -0.05) is 27.7 Å². The van der Waals surface area contributed by atoms with E-state index in [0.29, 0.717) is 13.0 Å². The second kappa shape index (κ2) is 7.14. The van der Waals surface area contributed by atoms with Crippen molar-refractivity contribution in [3.8, 4) is 5.75 Å². The molecule has 1 aromatic carbocycles. The molecule has 4 nitrogen and oxygen atoms in total. The van der Waals surface area contributed by atoms with Crippen molar-refractivity contribution in [3.63, 3.8) is 0 Å². The van der Waals surface area contributed by atoms with E-state index in [9.17, 15) is 9.90 Å². The van der Waals surface area contributed by atoms with Crippen LogP contribution in [-0.4, -0.2) is 17.6 Å². The monoisotopic (exact) mass is 305 g/mol. The van der Waals surface area contributed by atoms with Gasteiger partial charge in [-0.3, -0.25) is 4.79 Å². The van der Waals surface area contributed by atoms with Crippen molar-refractivity contribution in [1.82, 2.24) is 5.32 Å². The Hall–Kier alpha value is -1.55. The normalized spacial score (nSPS) is 18.5. The van der Waals surface area contributed by atoms with E-state index in [1.165, 1.54) is 0 Å². The van der Waals surface area contributed by atoms with Crippen LogP contribution in [0.4, 0.5) is 0 Å². The molecule has 1 heterocycles. The summed E-state index contributed by atoms with van der Waals surface area (Å²) in [6.07, 6.45) is 1.81. The molecule has 2 atom stereocenters. The summed E-state index contributed by atoms with van der Waals surface area (Å²) >= 11 is 0. The molecule has 0 saturated carbocycles. The van der Waals surface area contributed by atoms with Gasteiger partial charge in [-0.05, 0) is 36.1 Å². The van der Waals surface area contributed by atoms with Gasteiger partial charge in [0.05, 0.1) is 18.8 Å². The maximum absolute atomic E-state index is 12.0. The van der Waals surface area contributed by atoms with Crippen molar-refractivity contribution >= 4 is 5.91 Å². The second-order valence-electron chi connectivity index (χ2n) is 6.23. The first-order chi connectivity index (χ1) is 10.5. The van der Waals surface area contributed by atoms with Crippen molar-refractivity contribution in [2.24, 2.45) is 5.92 Å². The summed E-state index contributed by atoms with van der Waals surface area (Å²) in [6.45, 7) is 8.44. The summed E-state index contributed by atoms with van der Waals surface area (Å²) in [7, 11) is 0. The van der Waals surface area contributed by atoms with Gasteiger partial charge in [-0.15, -0.1) is 0 Å². The van der Waals surface area contributed by atoms with Gasteiger partial charge >= 0.3 is 0 Å². The average Bonchev–Trinajstić information content (AvgIpc) is 2.53. The number of aliphatic hydroxyl groups excluding tert-OH is 1. The molecule has 1 amide bonds. The number of benzene rings is 1. The average molecular weight is 305 g/mol. The summed E-state index contributed by atoms with van der Waals surface area (Å²) in [5.41, 5.74) is 3.01. The number of nitrogens with one attached hydrogen (secondary N) is 1. The van der Waals surface area contributed by atoms with E-state index in [4.69, 9.17) is 4.74 Å². The minimum absolute atomic E-state index is 0.0343. The number of hydrogen-bond acceptors (Lipinski definition) is 3. The maximum atomic E-state index is 12.0. The Bertz CT molecular complexity index is 539. The Morgan fingerprint density at radius 2 is 2.14 bits per heavy atom. The van der Waals surface area contributed by atoms with E-state index in [2.05, 4.69) is 12.2 Å². The topological polar surface area (TPSA) is 58.6 Å². The molecule has 122 valence electrons. The predicted molar refractivity (Wildman–Crippen MR) is 86.9 cm³/mol. The van der Waals surface area contributed by atoms with E-state index in [-0.39, 0.29) is 17.9 Å². The molecule has 0 saturated heterocycles. The van der Waals surface area contributed by atoms with Crippen LogP contribution in [0.2, 0.25) is 0 Å². The van der Waals surface area contributed by atoms with Gasteiger partial charge in [0.2, 0.25) is 5.91 Å². The van der Waals surface area contributed by atoms with Crippen LogP contribution in [-0.2, 0) is 11.2 Å². The zero-order valence-corrected chi connectivity index (χ0v) is 14.0. The Labute approximate surface area is 132 Å². The fraction of sp³-hybridized carbons (Fsp3) is 0.611. The number of carbonyl (C=O) groups excluding carboxylic acids is 1. The lowest BCUT2D eigenvalue weighted by atomic mass is 9.91. The van der Waals surface area contributed by atoms with E-state index >= 15 is 0 Å². The molecule has 4 heteroatoms. The molecular weight excluding hydrogens is 278 g/mol. The molecule has 2 N–H and O–H groups in total. The van der Waals surface area contributed by atoms with Crippen LogP contribution in [0, 0.1) is 5.92 Å². The fourth-order valence-electron chi connectivity index (χ4n) is 2.79. The quantitative estimate of drug-likeness (QED) is 0.877. The van der Waals surface area contributed by atoms with Crippen LogP contribution < -0.4 is 10.1 Å². The van der Waals surface area contributed by atoms with E-state index in [1.807, 2.05) is 32.9 Å². The van der Waals surface area contributed by atoms with Crippen molar-refractivity contribution < 1.29 is 14.6 Å². The number of amides is 1. The molecule has 0 spiro atoms. The van der Waals surface area contributed by atoms with Crippen molar-refractivity contribution in [1.29, 1.82) is 0 Å². The van der Waals surface area contributed by atoms with Crippen molar-refractivity contribution in [2.45, 2.75) is 59.1 Å². The van der Waals surface area contributed by atoms with Crippen LogP contribution in [0.25, 0.3) is 0 Å². The number of aliphatic hydroxyl groups is 1. The number of ether oxygens (including phenoxy) is 1. The number of carbonyl (C=O) groups is 1. The molecule has 0 bridgehead atoms. The lowest BCUT2D eigenvalue weighted by Gasteiger charge is -2.30. The Kier molecular flexibility index (Phi) is 5.46. The van der Waals surface area contributed by atoms with Gasteiger partial charge in [0.15, 0.2) is 0 Å². The van der Waals surface area contributed by atoms with Crippen molar-refractivity contribution in [3.05, 3.63) is 28.8 Å². The first kappa shape index (κ1) is 16.8. The molecular formula is C18H27NO3. The second-order valence-corrected chi connectivity index (χ2v) is 6.23. The molecule has 2 unspecified atom stereocenters. The summed E-state index contributed by atoms with van der Waals surface area (Å²) in [5.74, 6) is 0.897. The Balaban J connectivity index is 2.40. The van der Waals surface area contributed by atoms with Crippen LogP contribution in [0.5, 0.6) is 5.75 Å². The maximum Gasteiger partial charge on any atom is 0.223 e. The summed E-state index contributed by atoms with van der Waals surface area (Å²) in [5, 5.41) is 13.3. The van der Waals surface area contributed by atoms with Crippen molar-refractivity contribution in [2.75, 3.05) is 6.61 Å².